The second-order valence-corrected chi connectivity index (χ2v) is 4.19. The van der Waals surface area contributed by atoms with Crippen molar-refractivity contribution in [2.75, 3.05) is 13.2 Å². The summed E-state index contributed by atoms with van der Waals surface area (Å²) >= 11 is 0. The topological polar surface area (TPSA) is 44.5 Å². The van der Waals surface area contributed by atoms with Crippen molar-refractivity contribution in [3.05, 3.63) is 0 Å². The van der Waals surface area contributed by atoms with E-state index in [1.54, 1.807) is 0 Å². The van der Waals surface area contributed by atoms with Crippen molar-refractivity contribution < 1.29 is 9.47 Å². The summed E-state index contributed by atoms with van der Waals surface area (Å²) in [6, 6.07) is 0.0832. The molecule has 0 bridgehead atoms. The van der Waals surface area contributed by atoms with Gasteiger partial charge in [0.25, 0.3) is 0 Å². The van der Waals surface area contributed by atoms with E-state index in [4.69, 9.17) is 15.2 Å². The van der Waals surface area contributed by atoms with Crippen LogP contribution in [-0.4, -0.2) is 25.5 Å². The molecule has 3 heteroatoms. The van der Waals surface area contributed by atoms with E-state index < -0.39 is 0 Å². The number of hydrogen-bond acceptors (Lipinski definition) is 3. The van der Waals surface area contributed by atoms with E-state index in [0.717, 1.165) is 0 Å². The molecule has 1 heterocycles. The fourth-order valence-electron chi connectivity index (χ4n) is 2.21. The van der Waals surface area contributed by atoms with Crippen LogP contribution in [-0.2, 0) is 9.47 Å². The lowest BCUT2D eigenvalue weighted by Gasteiger charge is -2.34. The van der Waals surface area contributed by atoms with Gasteiger partial charge in [-0.15, -0.1) is 0 Å². The van der Waals surface area contributed by atoms with Gasteiger partial charge in [0, 0.05) is 5.92 Å². The molecular formula is C10H19NO2. The Labute approximate surface area is 79.6 Å². The molecule has 2 N–H and O–H groups in total. The van der Waals surface area contributed by atoms with Crippen LogP contribution in [0.3, 0.4) is 0 Å². The van der Waals surface area contributed by atoms with E-state index in [1.807, 2.05) is 0 Å². The smallest absolute Gasteiger partial charge is 0.160 e. The second kappa shape index (κ2) is 4.40. The van der Waals surface area contributed by atoms with Gasteiger partial charge in [-0.05, 0) is 12.8 Å². The van der Waals surface area contributed by atoms with Gasteiger partial charge in [0.2, 0.25) is 0 Å². The zero-order chi connectivity index (χ0) is 9.10. The highest BCUT2D eigenvalue weighted by atomic mass is 16.7. The first-order valence-corrected chi connectivity index (χ1v) is 5.35. The van der Waals surface area contributed by atoms with Crippen molar-refractivity contribution in [1.29, 1.82) is 0 Å². The number of nitrogens with two attached hydrogens (primary N) is 1. The fourth-order valence-corrected chi connectivity index (χ4v) is 2.21. The Morgan fingerprint density at radius 2 is 1.54 bits per heavy atom. The van der Waals surface area contributed by atoms with Gasteiger partial charge in [-0.1, -0.05) is 19.3 Å². The highest BCUT2D eigenvalue weighted by molar-refractivity contribution is 4.73. The van der Waals surface area contributed by atoms with Crippen molar-refractivity contribution in [1.82, 2.24) is 0 Å². The molecule has 2 aliphatic rings. The maximum absolute atomic E-state index is 5.68. The molecule has 0 aromatic heterocycles. The first-order valence-electron chi connectivity index (χ1n) is 5.35. The summed E-state index contributed by atoms with van der Waals surface area (Å²) in [6.45, 7) is 1.34. The lowest BCUT2D eigenvalue weighted by Crippen LogP contribution is -2.44. The van der Waals surface area contributed by atoms with E-state index in [-0.39, 0.29) is 12.3 Å². The Morgan fingerprint density at radius 1 is 0.923 bits per heavy atom. The Hall–Kier alpha value is -0.120. The summed E-state index contributed by atoms with van der Waals surface area (Å²) in [4.78, 5) is 0. The zero-order valence-electron chi connectivity index (χ0n) is 8.08. The summed E-state index contributed by atoms with van der Waals surface area (Å²) < 4.78 is 11.2. The van der Waals surface area contributed by atoms with Gasteiger partial charge in [-0.25, -0.2) is 0 Å². The number of rotatable bonds is 1. The van der Waals surface area contributed by atoms with Gasteiger partial charge in [0.05, 0.1) is 19.3 Å². The zero-order valence-corrected chi connectivity index (χ0v) is 8.08. The maximum Gasteiger partial charge on any atom is 0.160 e. The van der Waals surface area contributed by atoms with Crippen molar-refractivity contribution in [2.24, 2.45) is 11.7 Å². The van der Waals surface area contributed by atoms with Crippen LogP contribution < -0.4 is 5.73 Å². The van der Waals surface area contributed by atoms with E-state index in [9.17, 15) is 0 Å². The van der Waals surface area contributed by atoms with E-state index in [1.165, 1.54) is 32.1 Å². The van der Waals surface area contributed by atoms with Crippen LogP contribution >= 0.6 is 0 Å². The van der Waals surface area contributed by atoms with Crippen LogP contribution in [0.2, 0.25) is 0 Å². The molecule has 0 unspecified atom stereocenters. The summed E-state index contributed by atoms with van der Waals surface area (Å²) in [5.74, 6) is 0.626. The minimum Gasteiger partial charge on any atom is -0.351 e. The predicted molar refractivity (Wildman–Crippen MR) is 50.2 cm³/mol. The standard InChI is InChI=1S/C10H19NO2/c11-9-6-12-10(13-7-9)8-4-2-1-3-5-8/h8-10H,1-7,11H2. The average Bonchev–Trinajstić information content (AvgIpc) is 2.20. The van der Waals surface area contributed by atoms with Crippen molar-refractivity contribution in [3.63, 3.8) is 0 Å². The van der Waals surface area contributed by atoms with Crippen molar-refractivity contribution in [2.45, 2.75) is 44.4 Å². The van der Waals surface area contributed by atoms with Crippen LogP contribution in [0.4, 0.5) is 0 Å². The van der Waals surface area contributed by atoms with E-state index in [0.29, 0.717) is 19.1 Å². The minimum absolute atomic E-state index is 0.0418. The lowest BCUT2D eigenvalue weighted by atomic mass is 9.88. The third kappa shape index (κ3) is 2.42. The van der Waals surface area contributed by atoms with Gasteiger partial charge in [0.1, 0.15) is 0 Å². The molecule has 1 saturated heterocycles. The van der Waals surface area contributed by atoms with Gasteiger partial charge >= 0.3 is 0 Å². The molecule has 1 saturated carbocycles. The molecule has 13 heavy (non-hydrogen) atoms. The third-order valence-electron chi connectivity index (χ3n) is 2.98. The molecule has 0 atom stereocenters. The lowest BCUT2D eigenvalue weighted by molar-refractivity contribution is -0.215. The SMILES string of the molecule is NC1COC(C2CCCCC2)OC1. The second-order valence-electron chi connectivity index (χ2n) is 4.19. The minimum atomic E-state index is 0.0418. The molecule has 0 amide bonds. The van der Waals surface area contributed by atoms with E-state index >= 15 is 0 Å². The summed E-state index contributed by atoms with van der Waals surface area (Å²) in [5.41, 5.74) is 5.68. The van der Waals surface area contributed by atoms with Gasteiger partial charge in [-0.3, -0.25) is 0 Å². The highest BCUT2D eigenvalue weighted by Crippen LogP contribution is 2.29. The number of hydrogen-bond donors (Lipinski definition) is 1. The molecule has 0 aromatic carbocycles. The summed E-state index contributed by atoms with van der Waals surface area (Å²) in [7, 11) is 0. The highest BCUT2D eigenvalue weighted by Gasteiger charge is 2.28. The molecule has 3 nitrogen and oxygen atoms in total. The molecule has 2 fully saturated rings. The molecular weight excluding hydrogens is 166 g/mol. The van der Waals surface area contributed by atoms with Crippen molar-refractivity contribution >= 4 is 0 Å². The van der Waals surface area contributed by atoms with Crippen LogP contribution in [0.15, 0.2) is 0 Å². The Bertz CT molecular complexity index is 149. The van der Waals surface area contributed by atoms with Crippen LogP contribution in [0.1, 0.15) is 32.1 Å². The quantitative estimate of drug-likeness (QED) is 0.669. The molecule has 2 rings (SSSR count). The first-order chi connectivity index (χ1) is 6.36. The van der Waals surface area contributed by atoms with Crippen LogP contribution in [0.5, 0.6) is 0 Å². The molecule has 0 spiro atoms. The molecule has 1 aliphatic carbocycles. The first kappa shape index (κ1) is 9.44. The van der Waals surface area contributed by atoms with Crippen molar-refractivity contribution in [3.8, 4) is 0 Å². The Morgan fingerprint density at radius 3 is 2.15 bits per heavy atom. The average molecular weight is 185 g/mol. The molecule has 1 aliphatic heterocycles. The van der Waals surface area contributed by atoms with E-state index in [2.05, 4.69) is 0 Å². The molecule has 0 aromatic rings. The van der Waals surface area contributed by atoms with Gasteiger partial charge in [0.15, 0.2) is 6.29 Å². The molecule has 0 radical (unpaired) electrons. The van der Waals surface area contributed by atoms with Crippen LogP contribution in [0.25, 0.3) is 0 Å². The Balaban J connectivity index is 1.79. The van der Waals surface area contributed by atoms with Gasteiger partial charge < -0.3 is 15.2 Å². The molecule has 76 valence electrons. The van der Waals surface area contributed by atoms with Crippen LogP contribution in [0, 0.1) is 5.92 Å². The maximum atomic E-state index is 5.68. The van der Waals surface area contributed by atoms with Gasteiger partial charge in [-0.2, -0.15) is 0 Å². The third-order valence-corrected chi connectivity index (χ3v) is 2.98. The summed E-state index contributed by atoms with van der Waals surface area (Å²) in [5, 5.41) is 0. The fraction of sp³-hybridized carbons (Fsp3) is 1.00. The number of ether oxygens (including phenoxy) is 2. The predicted octanol–water partition coefficient (Wildman–Crippen LogP) is 1.27. The monoisotopic (exact) mass is 185 g/mol. The Kier molecular flexibility index (Phi) is 3.19. The largest absolute Gasteiger partial charge is 0.351 e. The summed E-state index contributed by atoms with van der Waals surface area (Å²) in [6.07, 6.45) is 6.61. The normalized spacial score (nSPS) is 37.6.